The summed E-state index contributed by atoms with van der Waals surface area (Å²) in [5.74, 6) is 1.75. The molecule has 5 rings (SSSR count). The number of aromatic amines is 1. The van der Waals surface area contributed by atoms with E-state index in [4.69, 9.17) is 21.3 Å². The standard InChI is InChI=1S/C23H26ClN5O2/c1-14(11-28-7-3-4-8-28)12-29-13-15-9-18-19(10-16(15)23(29)30)27-21(26-18)20-17(24)5-6-25-22(20)31-2/h5-6,9-10,13-14,30H,3-4,7-8,11-12H2,1-2H3,(H,26,27). The van der Waals surface area contributed by atoms with Gasteiger partial charge in [-0.25, -0.2) is 9.97 Å². The van der Waals surface area contributed by atoms with Crippen LogP contribution in [0.25, 0.3) is 33.2 Å². The minimum Gasteiger partial charge on any atom is -0.494 e. The number of nitrogens with zero attached hydrogens (tertiary/aromatic N) is 4. The summed E-state index contributed by atoms with van der Waals surface area (Å²) < 4.78 is 7.31. The molecule has 162 valence electrons. The smallest absolute Gasteiger partial charge is 0.225 e. The molecule has 0 saturated carbocycles. The highest BCUT2D eigenvalue weighted by Crippen LogP contribution is 2.36. The van der Waals surface area contributed by atoms with Gasteiger partial charge in [0.05, 0.1) is 28.7 Å². The van der Waals surface area contributed by atoms with Crippen molar-refractivity contribution in [2.75, 3.05) is 26.7 Å². The molecule has 0 spiro atoms. The van der Waals surface area contributed by atoms with Crippen LogP contribution in [0.15, 0.2) is 30.6 Å². The van der Waals surface area contributed by atoms with Gasteiger partial charge in [0.1, 0.15) is 5.82 Å². The Morgan fingerprint density at radius 1 is 1.26 bits per heavy atom. The Balaban J connectivity index is 1.47. The van der Waals surface area contributed by atoms with Crippen molar-refractivity contribution >= 4 is 33.4 Å². The molecule has 31 heavy (non-hydrogen) atoms. The van der Waals surface area contributed by atoms with Crippen LogP contribution in [0.4, 0.5) is 0 Å². The number of nitrogens with one attached hydrogen (secondary N) is 1. The van der Waals surface area contributed by atoms with E-state index in [-0.39, 0.29) is 5.88 Å². The normalized spacial score (nSPS) is 15.8. The van der Waals surface area contributed by atoms with E-state index in [1.165, 1.54) is 25.9 Å². The number of aromatic nitrogens is 4. The van der Waals surface area contributed by atoms with Crippen LogP contribution in [0.3, 0.4) is 0 Å². The van der Waals surface area contributed by atoms with Gasteiger partial charge < -0.3 is 24.3 Å². The summed E-state index contributed by atoms with van der Waals surface area (Å²) in [5, 5.41) is 13.1. The quantitative estimate of drug-likeness (QED) is 0.456. The first-order valence-corrected chi connectivity index (χ1v) is 11.0. The fourth-order valence-corrected chi connectivity index (χ4v) is 4.83. The minimum atomic E-state index is 0.284. The van der Waals surface area contributed by atoms with Crippen molar-refractivity contribution in [1.82, 2.24) is 24.4 Å². The predicted molar refractivity (Wildman–Crippen MR) is 123 cm³/mol. The highest BCUT2D eigenvalue weighted by Gasteiger charge is 2.19. The summed E-state index contributed by atoms with van der Waals surface area (Å²) in [4.78, 5) is 14.8. The van der Waals surface area contributed by atoms with Gasteiger partial charge in [0.2, 0.25) is 5.88 Å². The second-order valence-corrected chi connectivity index (χ2v) is 8.84. The molecule has 1 atom stereocenters. The summed E-state index contributed by atoms with van der Waals surface area (Å²) in [7, 11) is 1.56. The number of rotatable bonds is 6. The molecule has 4 heterocycles. The Kier molecular flexibility index (Phi) is 5.24. The van der Waals surface area contributed by atoms with Crippen molar-refractivity contribution in [3.8, 4) is 23.1 Å². The number of methoxy groups -OCH3 is 1. The van der Waals surface area contributed by atoms with Gasteiger partial charge in [-0.05, 0) is 50.0 Å². The molecule has 7 nitrogen and oxygen atoms in total. The van der Waals surface area contributed by atoms with Gasteiger partial charge in [-0.2, -0.15) is 0 Å². The summed E-state index contributed by atoms with van der Waals surface area (Å²) in [6.45, 7) is 6.47. The molecule has 0 amide bonds. The van der Waals surface area contributed by atoms with Crippen molar-refractivity contribution in [3.05, 3.63) is 35.6 Å². The highest BCUT2D eigenvalue weighted by atomic mass is 35.5. The first-order chi connectivity index (χ1) is 15.0. The van der Waals surface area contributed by atoms with Gasteiger partial charge in [0.15, 0.2) is 5.88 Å². The Bertz CT molecular complexity index is 1240. The number of halogens is 1. The van der Waals surface area contributed by atoms with Gasteiger partial charge in [0.25, 0.3) is 0 Å². The molecular weight excluding hydrogens is 414 g/mol. The van der Waals surface area contributed by atoms with Crippen LogP contribution >= 0.6 is 11.6 Å². The van der Waals surface area contributed by atoms with E-state index in [9.17, 15) is 5.11 Å². The fraction of sp³-hybridized carbons (Fsp3) is 0.391. The largest absolute Gasteiger partial charge is 0.494 e. The SMILES string of the molecule is COc1nccc(Cl)c1-c1nc2cc3c(O)n(CC(C)CN4CCCC4)cc3cc2[nH]1. The fourth-order valence-electron chi connectivity index (χ4n) is 4.60. The van der Waals surface area contributed by atoms with Gasteiger partial charge in [-0.15, -0.1) is 0 Å². The number of H-pyrrole nitrogens is 1. The van der Waals surface area contributed by atoms with Crippen LogP contribution in [0.5, 0.6) is 11.8 Å². The molecule has 0 aliphatic carbocycles. The number of likely N-dealkylation sites (tertiary alicyclic amines) is 1. The third-order valence-corrected chi connectivity index (χ3v) is 6.35. The van der Waals surface area contributed by atoms with E-state index in [1.807, 2.05) is 22.9 Å². The first kappa shape index (κ1) is 20.2. The van der Waals surface area contributed by atoms with Crippen molar-refractivity contribution in [2.24, 2.45) is 5.92 Å². The maximum Gasteiger partial charge on any atom is 0.225 e. The van der Waals surface area contributed by atoms with Crippen LogP contribution in [-0.2, 0) is 6.54 Å². The monoisotopic (exact) mass is 439 g/mol. The van der Waals surface area contributed by atoms with Crippen molar-refractivity contribution in [2.45, 2.75) is 26.3 Å². The molecular formula is C23H26ClN5O2. The molecule has 1 aliphatic rings. The molecule has 4 aromatic rings. The molecule has 1 fully saturated rings. The van der Waals surface area contributed by atoms with E-state index in [2.05, 4.69) is 21.8 Å². The Morgan fingerprint density at radius 2 is 2.06 bits per heavy atom. The maximum atomic E-state index is 10.9. The number of ether oxygens (including phenoxy) is 1. The second kappa shape index (κ2) is 8.05. The molecule has 1 unspecified atom stereocenters. The molecule has 0 radical (unpaired) electrons. The molecule has 3 aromatic heterocycles. The molecule has 0 bridgehead atoms. The third kappa shape index (κ3) is 3.72. The van der Waals surface area contributed by atoms with Crippen molar-refractivity contribution in [3.63, 3.8) is 0 Å². The maximum absolute atomic E-state index is 10.9. The zero-order chi connectivity index (χ0) is 21.5. The van der Waals surface area contributed by atoms with E-state index >= 15 is 0 Å². The Morgan fingerprint density at radius 3 is 2.84 bits per heavy atom. The zero-order valence-electron chi connectivity index (χ0n) is 17.7. The lowest BCUT2D eigenvalue weighted by atomic mass is 10.1. The predicted octanol–water partition coefficient (Wildman–Crippen LogP) is 4.68. The number of hydrogen-bond donors (Lipinski definition) is 2. The number of pyridine rings is 1. The Hall–Kier alpha value is -2.77. The average molecular weight is 440 g/mol. The third-order valence-electron chi connectivity index (χ3n) is 6.03. The molecule has 1 aromatic carbocycles. The first-order valence-electron chi connectivity index (χ1n) is 10.7. The average Bonchev–Trinajstić information content (AvgIpc) is 3.46. The van der Waals surface area contributed by atoms with Crippen LogP contribution in [0.1, 0.15) is 19.8 Å². The van der Waals surface area contributed by atoms with E-state index in [0.29, 0.717) is 28.2 Å². The zero-order valence-corrected chi connectivity index (χ0v) is 18.5. The lowest BCUT2D eigenvalue weighted by Gasteiger charge is -2.20. The number of hydrogen-bond acceptors (Lipinski definition) is 5. The van der Waals surface area contributed by atoms with Crippen LogP contribution in [0, 0.1) is 5.92 Å². The summed E-state index contributed by atoms with van der Waals surface area (Å²) in [6.07, 6.45) is 6.21. The van der Waals surface area contributed by atoms with Crippen molar-refractivity contribution in [1.29, 1.82) is 0 Å². The number of imidazole rings is 1. The highest BCUT2D eigenvalue weighted by molar-refractivity contribution is 6.33. The lowest BCUT2D eigenvalue weighted by molar-refractivity contribution is 0.266. The second-order valence-electron chi connectivity index (χ2n) is 8.44. The van der Waals surface area contributed by atoms with Gasteiger partial charge in [-0.1, -0.05) is 18.5 Å². The minimum absolute atomic E-state index is 0.284. The molecule has 2 N–H and O–H groups in total. The number of fused-ring (bicyclic) bond motifs is 2. The van der Waals surface area contributed by atoms with E-state index < -0.39 is 0 Å². The molecule has 8 heteroatoms. The summed E-state index contributed by atoms with van der Waals surface area (Å²) >= 11 is 6.38. The topological polar surface area (TPSA) is 79.2 Å². The van der Waals surface area contributed by atoms with Crippen LogP contribution in [0.2, 0.25) is 5.02 Å². The van der Waals surface area contributed by atoms with E-state index in [0.717, 1.165) is 34.9 Å². The van der Waals surface area contributed by atoms with Crippen molar-refractivity contribution < 1.29 is 9.84 Å². The summed E-state index contributed by atoms with van der Waals surface area (Å²) in [6, 6.07) is 5.64. The summed E-state index contributed by atoms with van der Waals surface area (Å²) in [5.41, 5.74) is 2.24. The van der Waals surface area contributed by atoms with Crippen LogP contribution < -0.4 is 4.74 Å². The van der Waals surface area contributed by atoms with E-state index in [1.54, 1.807) is 19.4 Å². The molecule has 1 saturated heterocycles. The Labute approximate surface area is 185 Å². The van der Waals surface area contributed by atoms with Gasteiger partial charge in [-0.3, -0.25) is 0 Å². The number of benzene rings is 1. The lowest BCUT2D eigenvalue weighted by Crippen LogP contribution is -2.27. The van der Waals surface area contributed by atoms with Gasteiger partial charge >= 0.3 is 0 Å². The molecule has 1 aliphatic heterocycles. The van der Waals surface area contributed by atoms with Gasteiger partial charge in [0, 0.05) is 36.3 Å². The number of aromatic hydroxyl groups is 1. The van der Waals surface area contributed by atoms with Crippen LogP contribution in [-0.4, -0.2) is 56.3 Å².